The molecule has 0 aromatic heterocycles. The number of fused-ring (bicyclic) bond motifs is 5. The molecule has 2 amide bonds. The van der Waals surface area contributed by atoms with Crippen molar-refractivity contribution in [3.63, 3.8) is 0 Å². The van der Waals surface area contributed by atoms with Gasteiger partial charge in [-0.15, -0.1) is 0 Å². The van der Waals surface area contributed by atoms with E-state index in [2.05, 4.69) is 0 Å². The summed E-state index contributed by atoms with van der Waals surface area (Å²) in [5.74, 6) is 0.624. The second-order valence-corrected chi connectivity index (χ2v) is 12.2. The molecule has 0 spiro atoms. The van der Waals surface area contributed by atoms with Gasteiger partial charge in [0.05, 0.1) is 24.5 Å². The largest absolute Gasteiger partial charge is 0.496 e. The lowest BCUT2D eigenvalue weighted by Gasteiger charge is -2.44. The van der Waals surface area contributed by atoms with E-state index in [1.807, 2.05) is 75.4 Å². The summed E-state index contributed by atoms with van der Waals surface area (Å²) in [7, 11) is 3.43. The predicted octanol–water partition coefficient (Wildman–Crippen LogP) is 5.60. The zero-order valence-corrected chi connectivity index (χ0v) is 25.8. The van der Waals surface area contributed by atoms with Crippen molar-refractivity contribution in [2.24, 2.45) is 0 Å². The Morgan fingerprint density at radius 1 is 1.19 bits per heavy atom. The summed E-state index contributed by atoms with van der Waals surface area (Å²) in [6.45, 7) is 6.20. The maximum atomic E-state index is 13.7. The van der Waals surface area contributed by atoms with E-state index < -0.39 is 23.5 Å². The topological polar surface area (TPSA) is 118 Å². The van der Waals surface area contributed by atoms with Gasteiger partial charge in [-0.25, -0.2) is 4.79 Å². The van der Waals surface area contributed by atoms with E-state index in [0.29, 0.717) is 37.2 Å². The second-order valence-electron chi connectivity index (χ2n) is 12.2. The van der Waals surface area contributed by atoms with Crippen molar-refractivity contribution in [3.8, 4) is 16.9 Å². The molecule has 2 aromatic rings. The van der Waals surface area contributed by atoms with Crippen LogP contribution in [0.4, 0.5) is 16.2 Å². The number of nitrogens with zero attached hydrogens (tertiary/aromatic N) is 2. The summed E-state index contributed by atoms with van der Waals surface area (Å²) < 4.78 is 17.7. The molecule has 3 N–H and O–H groups in total. The van der Waals surface area contributed by atoms with Crippen molar-refractivity contribution in [3.05, 3.63) is 65.8 Å². The van der Waals surface area contributed by atoms with Gasteiger partial charge < -0.3 is 30.0 Å². The van der Waals surface area contributed by atoms with E-state index in [1.165, 1.54) is 4.90 Å². The minimum atomic E-state index is -1.35. The van der Waals surface area contributed by atoms with E-state index in [-0.39, 0.29) is 31.3 Å². The van der Waals surface area contributed by atoms with Crippen molar-refractivity contribution in [2.45, 2.75) is 82.8 Å². The zero-order chi connectivity index (χ0) is 30.9. The van der Waals surface area contributed by atoms with Crippen LogP contribution in [-0.2, 0) is 20.7 Å². The van der Waals surface area contributed by atoms with Crippen LogP contribution < -0.4 is 15.4 Å². The number of ether oxygens (including phenoxy) is 3. The van der Waals surface area contributed by atoms with Gasteiger partial charge >= 0.3 is 6.09 Å². The zero-order valence-electron chi connectivity index (χ0n) is 25.8. The molecule has 2 aromatic carbocycles. The molecule has 2 fully saturated rings. The summed E-state index contributed by atoms with van der Waals surface area (Å²) >= 11 is 0. The molecule has 43 heavy (non-hydrogen) atoms. The highest BCUT2D eigenvalue weighted by Gasteiger charge is 2.55. The molecule has 3 heterocycles. The lowest BCUT2D eigenvalue weighted by molar-refractivity contribution is -0.154. The molecule has 230 valence electrons. The SMILES string of the molecule is CCN1C(=O)OC2CC3OC3(C)CCC(=O)N(C)c3cc(cc(OC)c3-c3ccc(N)cc3)C/C(C)=C/C=C/C[C@@]1(O)C2. The number of allylic oxidation sites excluding steroid dienone is 3. The molecule has 3 aliphatic heterocycles. The highest BCUT2D eigenvalue weighted by atomic mass is 16.6. The Balaban J connectivity index is 1.53. The molecule has 9 heteroatoms. The summed E-state index contributed by atoms with van der Waals surface area (Å²) in [5.41, 5.74) is 9.33. The minimum Gasteiger partial charge on any atom is -0.496 e. The number of amides is 2. The molecule has 3 aliphatic rings. The lowest BCUT2D eigenvalue weighted by atomic mass is 9.91. The first-order chi connectivity index (χ1) is 20.5. The number of carbonyl (C=O) groups excluding carboxylic acids is 2. The summed E-state index contributed by atoms with van der Waals surface area (Å²) in [6.07, 6.45) is 7.13. The Bertz CT molecular complexity index is 1440. The van der Waals surface area contributed by atoms with Crippen molar-refractivity contribution in [1.82, 2.24) is 4.90 Å². The van der Waals surface area contributed by atoms with Gasteiger partial charge in [0, 0.05) is 50.5 Å². The number of rotatable bonds is 3. The number of nitrogens with two attached hydrogens (primary N) is 1. The van der Waals surface area contributed by atoms with Crippen molar-refractivity contribution >= 4 is 23.4 Å². The molecule has 9 nitrogen and oxygen atoms in total. The molecule has 2 saturated heterocycles. The number of hydrogen-bond acceptors (Lipinski definition) is 7. The van der Waals surface area contributed by atoms with Crippen molar-refractivity contribution < 1.29 is 28.9 Å². The third-order valence-corrected chi connectivity index (χ3v) is 8.95. The summed E-state index contributed by atoms with van der Waals surface area (Å²) in [6, 6.07) is 11.6. The highest BCUT2D eigenvalue weighted by Crippen LogP contribution is 2.46. The van der Waals surface area contributed by atoms with Gasteiger partial charge in [-0.05, 0) is 69.0 Å². The third-order valence-electron chi connectivity index (χ3n) is 8.95. The highest BCUT2D eigenvalue weighted by molar-refractivity contribution is 5.99. The number of nitrogen functional groups attached to an aromatic ring is 1. The number of epoxide rings is 1. The number of anilines is 2. The van der Waals surface area contributed by atoms with Crippen LogP contribution in [0.1, 0.15) is 58.4 Å². The lowest BCUT2D eigenvalue weighted by Crippen LogP contribution is -2.58. The minimum absolute atomic E-state index is 0.0449. The average Bonchev–Trinajstić information content (AvgIpc) is 3.61. The number of hydrogen-bond donors (Lipinski definition) is 2. The average molecular weight is 590 g/mol. The first kappa shape index (κ1) is 30.6. The molecular weight excluding hydrogens is 546 g/mol. The molecular formula is C34H43N3O6. The van der Waals surface area contributed by atoms with Gasteiger partial charge in [0.2, 0.25) is 5.91 Å². The first-order valence-corrected chi connectivity index (χ1v) is 15.0. The van der Waals surface area contributed by atoms with E-state index in [9.17, 15) is 14.7 Å². The first-order valence-electron chi connectivity index (χ1n) is 15.0. The van der Waals surface area contributed by atoms with Gasteiger partial charge in [-0.2, -0.15) is 0 Å². The monoisotopic (exact) mass is 589 g/mol. The second kappa shape index (κ2) is 12.1. The quantitative estimate of drug-likeness (QED) is 0.353. The van der Waals surface area contributed by atoms with Crippen LogP contribution in [0.2, 0.25) is 0 Å². The maximum absolute atomic E-state index is 13.7. The Morgan fingerprint density at radius 2 is 1.93 bits per heavy atom. The standard InChI is InChI=1S/C34H43N3O6/c1-6-37-32(39)42-26-20-29-33(3,43-29)16-14-30(38)36(4)27-18-23(17-22(2)9-7-8-15-34(37,40)21-26)19-28(41-5)31(27)24-10-12-25(35)13-11-24/h7-13,18-19,26,29,40H,6,14-17,20-21,35H2,1-5H3/b8-7+,22-9+/t26?,29?,33?,34-/m1/s1. The number of aliphatic hydroxyl groups is 1. The van der Waals surface area contributed by atoms with Gasteiger partial charge in [-0.1, -0.05) is 35.9 Å². The summed E-state index contributed by atoms with van der Waals surface area (Å²) in [5, 5.41) is 11.6. The van der Waals surface area contributed by atoms with Crippen LogP contribution in [0.25, 0.3) is 11.1 Å². The van der Waals surface area contributed by atoms with Crippen LogP contribution >= 0.6 is 0 Å². The molecule has 0 saturated carbocycles. The predicted molar refractivity (Wildman–Crippen MR) is 167 cm³/mol. The molecule has 0 radical (unpaired) electrons. The molecule has 4 atom stereocenters. The molecule has 3 unspecified atom stereocenters. The third kappa shape index (κ3) is 6.43. The van der Waals surface area contributed by atoms with Crippen LogP contribution in [0.5, 0.6) is 5.75 Å². The fraction of sp³-hybridized carbons (Fsp3) is 0.471. The van der Waals surface area contributed by atoms with Crippen LogP contribution in [0.3, 0.4) is 0 Å². The van der Waals surface area contributed by atoms with Crippen LogP contribution in [0.15, 0.2) is 60.2 Å². The Hall–Kier alpha value is -3.82. The fourth-order valence-electron chi connectivity index (χ4n) is 6.34. The maximum Gasteiger partial charge on any atom is 0.412 e. The Kier molecular flexibility index (Phi) is 8.58. The van der Waals surface area contributed by atoms with E-state index in [0.717, 1.165) is 28.0 Å². The molecule has 4 bridgehead atoms. The van der Waals surface area contributed by atoms with Crippen LogP contribution in [0, 0.1) is 0 Å². The van der Waals surface area contributed by atoms with Gasteiger partial charge in [0.1, 0.15) is 17.6 Å². The molecule has 0 aliphatic carbocycles. The van der Waals surface area contributed by atoms with Crippen LogP contribution in [-0.4, -0.2) is 66.2 Å². The summed E-state index contributed by atoms with van der Waals surface area (Å²) in [4.78, 5) is 29.6. The smallest absolute Gasteiger partial charge is 0.412 e. The fourth-order valence-corrected chi connectivity index (χ4v) is 6.34. The van der Waals surface area contributed by atoms with Gasteiger partial charge in [0.15, 0.2) is 0 Å². The van der Waals surface area contributed by atoms with E-state index >= 15 is 0 Å². The Labute approximate surface area is 253 Å². The van der Waals surface area contributed by atoms with Gasteiger partial charge in [0.25, 0.3) is 0 Å². The molecule has 5 rings (SSSR count). The number of carbonyl (C=O) groups is 2. The van der Waals surface area contributed by atoms with E-state index in [4.69, 9.17) is 19.9 Å². The van der Waals surface area contributed by atoms with Crippen molar-refractivity contribution in [2.75, 3.05) is 31.3 Å². The number of benzene rings is 2. The number of methoxy groups -OCH3 is 1. The van der Waals surface area contributed by atoms with E-state index in [1.54, 1.807) is 19.1 Å². The van der Waals surface area contributed by atoms with Gasteiger partial charge in [-0.3, -0.25) is 9.69 Å². The Morgan fingerprint density at radius 3 is 2.63 bits per heavy atom. The normalized spacial score (nSPS) is 30.1. The van der Waals surface area contributed by atoms with Crippen molar-refractivity contribution in [1.29, 1.82) is 0 Å².